The molecule has 4 heteroatoms. The van der Waals surface area contributed by atoms with Gasteiger partial charge in [0.05, 0.1) is 12.2 Å². The Balaban J connectivity index is 2.08. The van der Waals surface area contributed by atoms with E-state index in [4.69, 9.17) is 9.47 Å². The summed E-state index contributed by atoms with van der Waals surface area (Å²) in [6.45, 7) is 10.1. The van der Waals surface area contributed by atoms with Crippen LogP contribution in [-0.2, 0) is 9.47 Å². The van der Waals surface area contributed by atoms with Gasteiger partial charge in [0.2, 0.25) is 0 Å². The molecular formula is C16H32N2O2. The number of hydrogen-bond acceptors (Lipinski definition) is 4. The second-order valence-electron chi connectivity index (χ2n) is 6.71. The maximum atomic E-state index is 5.60. The van der Waals surface area contributed by atoms with Gasteiger partial charge in [-0.15, -0.1) is 0 Å². The van der Waals surface area contributed by atoms with E-state index in [9.17, 15) is 0 Å². The Morgan fingerprint density at radius 1 is 1.05 bits per heavy atom. The van der Waals surface area contributed by atoms with Crippen molar-refractivity contribution < 1.29 is 9.47 Å². The molecule has 1 saturated heterocycles. The molecule has 0 amide bonds. The number of likely N-dealkylation sites (tertiary alicyclic amines) is 1. The highest BCUT2D eigenvalue weighted by Gasteiger charge is 2.43. The van der Waals surface area contributed by atoms with Crippen LogP contribution in [0, 0.1) is 11.8 Å². The SMILES string of the molecule is CCNC1CC(C)CC(C)C1N1CC(OC)C(OC)C1. The highest BCUT2D eigenvalue weighted by atomic mass is 16.5. The third-order valence-electron chi connectivity index (χ3n) is 5.16. The number of nitrogens with one attached hydrogen (secondary N) is 1. The lowest BCUT2D eigenvalue weighted by molar-refractivity contribution is -0.00461. The van der Waals surface area contributed by atoms with Crippen molar-refractivity contribution in [3.8, 4) is 0 Å². The normalized spacial score (nSPS) is 43.0. The van der Waals surface area contributed by atoms with Crippen molar-refractivity contribution in [2.45, 2.75) is 57.9 Å². The molecule has 0 aromatic carbocycles. The molecule has 0 radical (unpaired) electrons. The Bertz CT molecular complexity index is 288. The monoisotopic (exact) mass is 284 g/mol. The van der Waals surface area contributed by atoms with Gasteiger partial charge in [-0.3, -0.25) is 4.90 Å². The van der Waals surface area contributed by atoms with Crippen LogP contribution in [0.4, 0.5) is 0 Å². The molecule has 1 saturated carbocycles. The second kappa shape index (κ2) is 7.21. The van der Waals surface area contributed by atoms with Crippen LogP contribution in [0.3, 0.4) is 0 Å². The lowest BCUT2D eigenvalue weighted by atomic mass is 9.76. The van der Waals surface area contributed by atoms with E-state index in [1.807, 2.05) is 0 Å². The fourth-order valence-corrected chi connectivity index (χ4v) is 4.39. The molecule has 0 spiro atoms. The quantitative estimate of drug-likeness (QED) is 0.834. The van der Waals surface area contributed by atoms with E-state index in [2.05, 4.69) is 31.0 Å². The van der Waals surface area contributed by atoms with Crippen LogP contribution in [0.25, 0.3) is 0 Å². The number of nitrogens with zero attached hydrogens (tertiary/aromatic N) is 1. The topological polar surface area (TPSA) is 33.7 Å². The maximum Gasteiger partial charge on any atom is 0.0971 e. The zero-order valence-electron chi connectivity index (χ0n) is 13.8. The van der Waals surface area contributed by atoms with Gasteiger partial charge in [-0.25, -0.2) is 0 Å². The Hall–Kier alpha value is -0.160. The fourth-order valence-electron chi connectivity index (χ4n) is 4.39. The van der Waals surface area contributed by atoms with E-state index in [1.54, 1.807) is 14.2 Å². The molecule has 1 aliphatic carbocycles. The number of ether oxygens (including phenoxy) is 2. The lowest BCUT2D eigenvalue weighted by Gasteiger charge is -2.44. The van der Waals surface area contributed by atoms with Gasteiger partial charge in [-0.05, 0) is 31.2 Å². The van der Waals surface area contributed by atoms with E-state index >= 15 is 0 Å². The number of likely N-dealkylation sites (N-methyl/N-ethyl adjacent to an activating group) is 1. The van der Waals surface area contributed by atoms with E-state index in [-0.39, 0.29) is 12.2 Å². The number of methoxy groups -OCH3 is 2. The van der Waals surface area contributed by atoms with Crippen molar-refractivity contribution in [2.75, 3.05) is 33.9 Å². The van der Waals surface area contributed by atoms with Crippen LogP contribution >= 0.6 is 0 Å². The summed E-state index contributed by atoms with van der Waals surface area (Å²) in [5.41, 5.74) is 0. The van der Waals surface area contributed by atoms with Crippen LogP contribution in [0.15, 0.2) is 0 Å². The lowest BCUT2D eigenvalue weighted by Crippen LogP contribution is -2.56. The Kier molecular flexibility index (Phi) is 5.84. The van der Waals surface area contributed by atoms with Gasteiger partial charge in [-0.2, -0.15) is 0 Å². The van der Waals surface area contributed by atoms with Crippen molar-refractivity contribution in [3.05, 3.63) is 0 Å². The first-order valence-corrected chi connectivity index (χ1v) is 8.13. The summed E-state index contributed by atoms with van der Waals surface area (Å²) in [5.74, 6) is 1.56. The average molecular weight is 284 g/mol. The van der Waals surface area contributed by atoms with Gasteiger partial charge in [0.1, 0.15) is 0 Å². The first-order chi connectivity index (χ1) is 9.60. The van der Waals surface area contributed by atoms with Crippen molar-refractivity contribution in [3.63, 3.8) is 0 Å². The first kappa shape index (κ1) is 16.2. The number of hydrogen-bond donors (Lipinski definition) is 1. The molecule has 2 rings (SSSR count). The maximum absolute atomic E-state index is 5.60. The summed E-state index contributed by atoms with van der Waals surface area (Å²) in [6.07, 6.45) is 3.05. The van der Waals surface area contributed by atoms with E-state index in [1.165, 1.54) is 12.8 Å². The smallest absolute Gasteiger partial charge is 0.0971 e. The van der Waals surface area contributed by atoms with Crippen LogP contribution in [0.5, 0.6) is 0 Å². The fraction of sp³-hybridized carbons (Fsp3) is 1.00. The minimum absolute atomic E-state index is 0.217. The van der Waals surface area contributed by atoms with Crippen molar-refractivity contribution in [1.29, 1.82) is 0 Å². The zero-order valence-corrected chi connectivity index (χ0v) is 13.8. The molecular weight excluding hydrogens is 252 g/mol. The molecule has 1 aliphatic heterocycles. The minimum Gasteiger partial charge on any atom is -0.377 e. The van der Waals surface area contributed by atoms with E-state index in [0.29, 0.717) is 12.1 Å². The van der Waals surface area contributed by atoms with Crippen LogP contribution < -0.4 is 5.32 Å². The van der Waals surface area contributed by atoms with Gasteiger partial charge in [0.25, 0.3) is 0 Å². The summed E-state index contributed by atoms with van der Waals surface area (Å²) in [6, 6.07) is 1.22. The number of rotatable bonds is 5. The molecule has 0 bridgehead atoms. The second-order valence-corrected chi connectivity index (χ2v) is 6.71. The minimum atomic E-state index is 0.217. The molecule has 118 valence electrons. The van der Waals surface area contributed by atoms with Crippen LogP contribution in [0.2, 0.25) is 0 Å². The third kappa shape index (κ3) is 3.35. The summed E-state index contributed by atoms with van der Waals surface area (Å²) in [5, 5.41) is 3.71. The van der Waals surface area contributed by atoms with Crippen molar-refractivity contribution in [1.82, 2.24) is 10.2 Å². The summed E-state index contributed by atoms with van der Waals surface area (Å²) in [4.78, 5) is 2.60. The Morgan fingerprint density at radius 3 is 2.15 bits per heavy atom. The molecule has 4 nitrogen and oxygen atoms in total. The van der Waals surface area contributed by atoms with E-state index in [0.717, 1.165) is 31.5 Å². The highest BCUT2D eigenvalue weighted by Crippen LogP contribution is 2.34. The van der Waals surface area contributed by atoms with Gasteiger partial charge in [0.15, 0.2) is 0 Å². The van der Waals surface area contributed by atoms with Gasteiger partial charge in [-0.1, -0.05) is 20.8 Å². The molecule has 0 aromatic rings. The molecule has 0 aromatic heterocycles. The van der Waals surface area contributed by atoms with Gasteiger partial charge < -0.3 is 14.8 Å². The Labute approximate surface area is 124 Å². The predicted molar refractivity (Wildman–Crippen MR) is 82.0 cm³/mol. The van der Waals surface area contributed by atoms with Crippen molar-refractivity contribution in [2.24, 2.45) is 11.8 Å². The van der Waals surface area contributed by atoms with Crippen LogP contribution in [0.1, 0.15) is 33.6 Å². The molecule has 1 N–H and O–H groups in total. The molecule has 2 aliphatic rings. The average Bonchev–Trinajstić information content (AvgIpc) is 2.81. The summed E-state index contributed by atoms with van der Waals surface area (Å²) in [7, 11) is 3.60. The van der Waals surface area contributed by atoms with Crippen LogP contribution in [-0.4, -0.2) is 63.0 Å². The van der Waals surface area contributed by atoms with Gasteiger partial charge in [0, 0.05) is 39.4 Å². The third-order valence-corrected chi connectivity index (χ3v) is 5.16. The largest absolute Gasteiger partial charge is 0.377 e. The Morgan fingerprint density at radius 2 is 1.65 bits per heavy atom. The highest BCUT2D eigenvalue weighted by molar-refractivity contribution is 4.99. The molecule has 2 fully saturated rings. The standard InChI is InChI=1S/C16H32N2O2/c1-6-17-13-8-11(2)7-12(3)16(13)18-9-14(19-4)15(10-18)20-5/h11-17H,6-10H2,1-5H3. The summed E-state index contributed by atoms with van der Waals surface area (Å²) >= 11 is 0. The molecule has 6 unspecified atom stereocenters. The zero-order chi connectivity index (χ0) is 14.7. The molecule has 1 heterocycles. The molecule has 6 atom stereocenters. The van der Waals surface area contributed by atoms with Crippen molar-refractivity contribution >= 4 is 0 Å². The molecule has 20 heavy (non-hydrogen) atoms. The van der Waals surface area contributed by atoms with Gasteiger partial charge >= 0.3 is 0 Å². The summed E-state index contributed by atoms with van der Waals surface area (Å²) < 4.78 is 11.2. The first-order valence-electron chi connectivity index (χ1n) is 8.13. The predicted octanol–water partition coefficient (Wildman–Crippen LogP) is 1.74. The van der Waals surface area contributed by atoms with E-state index < -0.39 is 0 Å².